The Morgan fingerprint density at radius 3 is 2.75 bits per heavy atom. The minimum atomic E-state index is -1.10. The van der Waals surface area contributed by atoms with Gasteiger partial charge in [0, 0.05) is 19.0 Å². The molecule has 3 atom stereocenters. The molecule has 0 aromatic carbocycles. The normalized spacial score (nSPS) is 26.2. The number of aliphatic carboxylic acids is 1. The van der Waals surface area contributed by atoms with E-state index in [0.717, 1.165) is 4.90 Å². The predicted octanol–water partition coefficient (Wildman–Crippen LogP) is -0.210. The molecular weight excluding hydrogens is 212 g/mol. The summed E-state index contributed by atoms with van der Waals surface area (Å²) in [6.45, 7) is 5.29. The fraction of sp³-hybridized carbons (Fsp3) is 0.600. The van der Waals surface area contributed by atoms with E-state index in [-0.39, 0.29) is 19.0 Å². The van der Waals surface area contributed by atoms with Gasteiger partial charge in [0.05, 0.1) is 6.10 Å². The van der Waals surface area contributed by atoms with E-state index in [1.807, 2.05) is 0 Å². The Bertz CT molecular complexity index is 305. The zero-order valence-corrected chi connectivity index (χ0v) is 9.09. The minimum Gasteiger partial charge on any atom is -0.480 e. The number of β-amino-alcohol motifs (C(OH)–C–C–N with tert-alkyl or cyclic N) is 1. The quantitative estimate of drug-likeness (QED) is 0.583. The van der Waals surface area contributed by atoms with Gasteiger partial charge in [-0.3, -0.25) is 0 Å². The summed E-state index contributed by atoms with van der Waals surface area (Å²) < 4.78 is 0. The molecule has 3 N–H and O–H groups in total. The van der Waals surface area contributed by atoms with E-state index in [4.69, 9.17) is 5.11 Å². The number of aliphatic hydroxyl groups is 1. The number of hydrogen-bond acceptors (Lipinski definition) is 3. The molecule has 1 heterocycles. The van der Waals surface area contributed by atoms with Crippen LogP contribution in [0.1, 0.15) is 13.3 Å². The lowest BCUT2D eigenvalue weighted by molar-refractivity contribution is -0.141. The van der Waals surface area contributed by atoms with Crippen molar-refractivity contribution < 1.29 is 19.8 Å². The highest BCUT2D eigenvalue weighted by atomic mass is 16.4. The number of amides is 2. The van der Waals surface area contributed by atoms with Gasteiger partial charge in [-0.2, -0.15) is 0 Å². The first-order valence-electron chi connectivity index (χ1n) is 5.06. The first-order valence-corrected chi connectivity index (χ1v) is 5.06. The van der Waals surface area contributed by atoms with Gasteiger partial charge in [-0.25, -0.2) is 9.59 Å². The van der Waals surface area contributed by atoms with Crippen LogP contribution in [-0.4, -0.2) is 51.8 Å². The molecule has 2 amide bonds. The van der Waals surface area contributed by atoms with Crippen LogP contribution < -0.4 is 5.32 Å². The molecular formula is C10H16N2O4. The third-order valence-corrected chi connectivity index (χ3v) is 2.53. The molecule has 0 saturated carbocycles. The molecule has 16 heavy (non-hydrogen) atoms. The average molecular weight is 228 g/mol. The highest BCUT2D eigenvalue weighted by Gasteiger charge is 2.39. The highest BCUT2D eigenvalue weighted by molar-refractivity contribution is 5.83. The van der Waals surface area contributed by atoms with Crippen molar-refractivity contribution in [2.75, 3.05) is 6.54 Å². The molecule has 90 valence electrons. The summed E-state index contributed by atoms with van der Waals surface area (Å²) >= 11 is 0. The minimum absolute atomic E-state index is 0.0483. The topological polar surface area (TPSA) is 89.9 Å². The molecule has 0 aromatic heterocycles. The molecule has 1 aliphatic rings. The van der Waals surface area contributed by atoms with Crippen LogP contribution in [0.25, 0.3) is 0 Å². The second kappa shape index (κ2) is 4.98. The van der Waals surface area contributed by atoms with Crippen molar-refractivity contribution in [2.45, 2.75) is 31.5 Å². The maximum atomic E-state index is 11.7. The zero-order valence-electron chi connectivity index (χ0n) is 9.09. The lowest BCUT2D eigenvalue weighted by atomic mass is 10.2. The van der Waals surface area contributed by atoms with Crippen molar-refractivity contribution in [1.82, 2.24) is 10.2 Å². The first-order chi connectivity index (χ1) is 7.45. The van der Waals surface area contributed by atoms with Gasteiger partial charge in [0.1, 0.15) is 6.04 Å². The van der Waals surface area contributed by atoms with Gasteiger partial charge in [0.2, 0.25) is 0 Å². The largest absolute Gasteiger partial charge is 0.480 e. The molecule has 1 saturated heterocycles. The SMILES string of the molecule is C=CC(C)NC(=O)N1CC(O)CC1C(=O)O. The Morgan fingerprint density at radius 2 is 2.25 bits per heavy atom. The van der Waals surface area contributed by atoms with E-state index in [9.17, 15) is 14.7 Å². The Labute approximate surface area is 93.5 Å². The molecule has 3 unspecified atom stereocenters. The van der Waals surface area contributed by atoms with Gasteiger partial charge in [0.15, 0.2) is 0 Å². The Hall–Kier alpha value is -1.56. The number of urea groups is 1. The third kappa shape index (κ3) is 2.73. The van der Waals surface area contributed by atoms with Gasteiger partial charge in [-0.05, 0) is 6.92 Å². The van der Waals surface area contributed by atoms with Crippen LogP contribution >= 0.6 is 0 Å². The first kappa shape index (κ1) is 12.5. The van der Waals surface area contributed by atoms with E-state index < -0.39 is 24.1 Å². The standard InChI is InChI=1S/C10H16N2O4/c1-3-6(2)11-10(16)12-5-7(13)4-8(12)9(14)15/h3,6-8,13H,1,4-5H2,2H3,(H,11,16)(H,14,15). The van der Waals surface area contributed by atoms with Gasteiger partial charge >= 0.3 is 12.0 Å². The molecule has 0 radical (unpaired) electrons. The van der Waals surface area contributed by atoms with Crippen molar-refractivity contribution in [3.05, 3.63) is 12.7 Å². The molecule has 6 nitrogen and oxygen atoms in total. The lowest BCUT2D eigenvalue weighted by Crippen LogP contribution is -2.48. The summed E-state index contributed by atoms with van der Waals surface area (Å²) in [6.07, 6.45) is 0.844. The predicted molar refractivity (Wildman–Crippen MR) is 56.9 cm³/mol. The average Bonchev–Trinajstić information content (AvgIpc) is 2.60. The van der Waals surface area contributed by atoms with Crippen molar-refractivity contribution in [3.63, 3.8) is 0 Å². The number of rotatable bonds is 3. The number of carbonyl (C=O) groups is 2. The number of carboxylic acid groups (broad SMARTS) is 1. The Morgan fingerprint density at radius 1 is 1.62 bits per heavy atom. The summed E-state index contributed by atoms with van der Waals surface area (Å²) in [5.41, 5.74) is 0. The second-order valence-corrected chi connectivity index (χ2v) is 3.87. The van der Waals surface area contributed by atoms with E-state index in [0.29, 0.717) is 0 Å². The Balaban J connectivity index is 2.66. The highest BCUT2D eigenvalue weighted by Crippen LogP contribution is 2.18. The molecule has 0 bridgehead atoms. The van der Waals surface area contributed by atoms with Gasteiger partial charge in [-0.15, -0.1) is 6.58 Å². The number of nitrogens with one attached hydrogen (secondary N) is 1. The Kier molecular flexibility index (Phi) is 3.89. The maximum Gasteiger partial charge on any atom is 0.326 e. The second-order valence-electron chi connectivity index (χ2n) is 3.87. The summed E-state index contributed by atoms with van der Waals surface area (Å²) in [5.74, 6) is -1.10. The van der Waals surface area contributed by atoms with Crippen molar-refractivity contribution >= 4 is 12.0 Å². The molecule has 0 aromatic rings. The zero-order chi connectivity index (χ0) is 12.3. The number of carboxylic acids is 1. The molecule has 1 fully saturated rings. The van der Waals surface area contributed by atoms with Crippen LogP contribution in [0, 0.1) is 0 Å². The number of carbonyl (C=O) groups excluding carboxylic acids is 1. The number of likely N-dealkylation sites (tertiary alicyclic amines) is 1. The summed E-state index contributed by atoms with van der Waals surface area (Å²) in [5, 5.41) is 20.8. The van der Waals surface area contributed by atoms with Crippen LogP contribution in [0.5, 0.6) is 0 Å². The summed E-state index contributed by atoms with van der Waals surface area (Å²) in [6, 6.07) is -1.68. The van der Waals surface area contributed by atoms with Crippen LogP contribution in [0.3, 0.4) is 0 Å². The van der Waals surface area contributed by atoms with E-state index in [1.54, 1.807) is 13.0 Å². The maximum absolute atomic E-state index is 11.7. The van der Waals surface area contributed by atoms with Crippen molar-refractivity contribution in [2.24, 2.45) is 0 Å². The number of hydrogen-bond donors (Lipinski definition) is 3. The van der Waals surface area contributed by atoms with E-state index in [2.05, 4.69) is 11.9 Å². The molecule has 6 heteroatoms. The monoisotopic (exact) mass is 228 g/mol. The lowest BCUT2D eigenvalue weighted by Gasteiger charge is -2.23. The molecule has 1 aliphatic heterocycles. The molecule has 0 spiro atoms. The van der Waals surface area contributed by atoms with E-state index >= 15 is 0 Å². The van der Waals surface area contributed by atoms with Crippen LogP contribution in [0.2, 0.25) is 0 Å². The smallest absolute Gasteiger partial charge is 0.326 e. The molecule has 1 rings (SSSR count). The van der Waals surface area contributed by atoms with Crippen LogP contribution in [-0.2, 0) is 4.79 Å². The van der Waals surface area contributed by atoms with Crippen molar-refractivity contribution in [3.8, 4) is 0 Å². The third-order valence-electron chi connectivity index (χ3n) is 2.53. The number of aliphatic hydroxyl groups excluding tert-OH is 1. The van der Waals surface area contributed by atoms with Gasteiger partial charge in [0.25, 0.3) is 0 Å². The fourth-order valence-corrected chi connectivity index (χ4v) is 1.61. The summed E-state index contributed by atoms with van der Waals surface area (Å²) in [4.78, 5) is 23.7. The van der Waals surface area contributed by atoms with Crippen LogP contribution in [0.4, 0.5) is 4.79 Å². The van der Waals surface area contributed by atoms with Crippen LogP contribution in [0.15, 0.2) is 12.7 Å². The fourth-order valence-electron chi connectivity index (χ4n) is 1.61. The summed E-state index contributed by atoms with van der Waals surface area (Å²) in [7, 11) is 0. The van der Waals surface area contributed by atoms with Gasteiger partial charge < -0.3 is 20.4 Å². The van der Waals surface area contributed by atoms with E-state index in [1.165, 1.54) is 0 Å². The molecule has 0 aliphatic carbocycles. The van der Waals surface area contributed by atoms with Gasteiger partial charge in [-0.1, -0.05) is 6.08 Å². The number of nitrogens with zero attached hydrogens (tertiary/aromatic N) is 1. The van der Waals surface area contributed by atoms with Crippen molar-refractivity contribution in [1.29, 1.82) is 0 Å².